The molecule has 0 heterocycles. The molecular weight excluding hydrogens is 318 g/mol. The lowest BCUT2D eigenvalue weighted by molar-refractivity contribution is 0.412. The molecular formula is C16H18BrNO2. The van der Waals surface area contributed by atoms with Crippen molar-refractivity contribution in [1.82, 2.24) is 0 Å². The van der Waals surface area contributed by atoms with Crippen molar-refractivity contribution in [2.45, 2.75) is 19.4 Å². The zero-order chi connectivity index (χ0) is 14.5. The molecule has 0 aliphatic heterocycles. The van der Waals surface area contributed by atoms with E-state index < -0.39 is 0 Å². The van der Waals surface area contributed by atoms with E-state index in [4.69, 9.17) is 15.2 Å². The number of hydrogen-bond acceptors (Lipinski definition) is 3. The van der Waals surface area contributed by atoms with Gasteiger partial charge >= 0.3 is 0 Å². The van der Waals surface area contributed by atoms with E-state index in [1.54, 1.807) is 7.11 Å². The molecule has 3 nitrogen and oxygen atoms in total. The standard InChI is InChI=1S/C16H18BrNO2/c1-3-15(18)11-4-6-12(7-5-11)20-16-9-8-13(19-2)10-14(16)17/h4-10,15H,3,18H2,1-2H3/t15-/m0/s1. The Morgan fingerprint density at radius 2 is 1.75 bits per heavy atom. The molecule has 2 aromatic carbocycles. The second-order valence-electron chi connectivity index (χ2n) is 4.48. The van der Waals surface area contributed by atoms with Crippen molar-refractivity contribution in [2.75, 3.05) is 7.11 Å². The highest BCUT2D eigenvalue weighted by Crippen LogP contribution is 2.33. The minimum Gasteiger partial charge on any atom is -0.497 e. The summed E-state index contributed by atoms with van der Waals surface area (Å²) < 4.78 is 11.8. The molecule has 0 saturated heterocycles. The summed E-state index contributed by atoms with van der Waals surface area (Å²) in [6, 6.07) is 13.6. The molecule has 0 fully saturated rings. The number of ether oxygens (including phenoxy) is 2. The molecule has 0 unspecified atom stereocenters. The summed E-state index contributed by atoms with van der Waals surface area (Å²) in [5.41, 5.74) is 7.11. The van der Waals surface area contributed by atoms with Gasteiger partial charge in [-0.3, -0.25) is 0 Å². The highest BCUT2D eigenvalue weighted by atomic mass is 79.9. The van der Waals surface area contributed by atoms with Crippen LogP contribution in [0.4, 0.5) is 0 Å². The van der Waals surface area contributed by atoms with Crippen LogP contribution in [-0.2, 0) is 0 Å². The summed E-state index contributed by atoms with van der Waals surface area (Å²) in [7, 11) is 1.64. The summed E-state index contributed by atoms with van der Waals surface area (Å²) in [5.74, 6) is 2.31. The highest BCUT2D eigenvalue weighted by Gasteiger charge is 2.06. The molecule has 2 rings (SSSR count). The topological polar surface area (TPSA) is 44.5 Å². The SMILES string of the molecule is CC[C@H](N)c1ccc(Oc2ccc(OC)cc2Br)cc1. The smallest absolute Gasteiger partial charge is 0.141 e. The molecule has 0 bridgehead atoms. The van der Waals surface area contributed by atoms with E-state index in [9.17, 15) is 0 Å². The Kier molecular flexibility index (Phi) is 5.04. The van der Waals surface area contributed by atoms with E-state index in [2.05, 4.69) is 22.9 Å². The van der Waals surface area contributed by atoms with Crippen molar-refractivity contribution in [3.63, 3.8) is 0 Å². The van der Waals surface area contributed by atoms with Crippen LogP contribution in [-0.4, -0.2) is 7.11 Å². The van der Waals surface area contributed by atoms with Gasteiger partial charge in [0, 0.05) is 6.04 Å². The average molecular weight is 336 g/mol. The monoisotopic (exact) mass is 335 g/mol. The molecule has 0 aliphatic rings. The van der Waals surface area contributed by atoms with Gasteiger partial charge in [-0.1, -0.05) is 19.1 Å². The Balaban J connectivity index is 2.14. The molecule has 0 saturated carbocycles. The third-order valence-electron chi connectivity index (χ3n) is 3.11. The molecule has 0 aliphatic carbocycles. The Morgan fingerprint density at radius 3 is 2.30 bits per heavy atom. The van der Waals surface area contributed by atoms with Gasteiger partial charge < -0.3 is 15.2 Å². The second-order valence-corrected chi connectivity index (χ2v) is 5.34. The van der Waals surface area contributed by atoms with E-state index in [1.165, 1.54) is 0 Å². The molecule has 20 heavy (non-hydrogen) atoms. The van der Waals surface area contributed by atoms with Gasteiger partial charge in [0.25, 0.3) is 0 Å². The van der Waals surface area contributed by atoms with Crippen molar-refractivity contribution in [3.8, 4) is 17.2 Å². The Hall–Kier alpha value is -1.52. The number of halogens is 1. The van der Waals surface area contributed by atoms with Gasteiger partial charge in [0.2, 0.25) is 0 Å². The van der Waals surface area contributed by atoms with Crippen molar-refractivity contribution in [3.05, 3.63) is 52.5 Å². The van der Waals surface area contributed by atoms with Crippen LogP contribution in [0.3, 0.4) is 0 Å². The van der Waals surface area contributed by atoms with Crippen LogP contribution < -0.4 is 15.2 Å². The minimum atomic E-state index is 0.0803. The number of benzene rings is 2. The van der Waals surface area contributed by atoms with E-state index in [-0.39, 0.29) is 6.04 Å². The van der Waals surface area contributed by atoms with Gasteiger partial charge in [-0.05, 0) is 58.2 Å². The Morgan fingerprint density at radius 1 is 1.10 bits per heavy atom. The van der Waals surface area contributed by atoms with Crippen molar-refractivity contribution >= 4 is 15.9 Å². The molecule has 0 amide bonds. The summed E-state index contributed by atoms with van der Waals surface area (Å²) in [5, 5.41) is 0. The third-order valence-corrected chi connectivity index (χ3v) is 3.73. The van der Waals surface area contributed by atoms with Crippen molar-refractivity contribution in [2.24, 2.45) is 5.73 Å². The van der Waals surface area contributed by atoms with Gasteiger partial charge in [-0.15, -0.1) is 0 Å². The van der Waals surface area contributed by atoms with E-state index in [0.29, 0.717) is 0 Å². The predicted octanol–water partition coefficient (Wildman–Crippen LogP) is 4.66. The molecule has 106 valence electrons. The summed E-state index contributed by atoms with van der Waals surface area (Å²) >= 11 is 3.47. The van der Waals surface area contributed by atoms with Crippen LogP contribution in [0.2, 0.25) is 0 Å². The molecule has 0 radical (unpaired) electrons. The Bertz CT molecular complexity index is 569. The second kappa shape index (κ2) is 6.77. The molecule has 2 N–H and O–H groups in total. The van der Waals surface area contributed by atoms with Crippen LogP contribution in [0, 0.1) is 0 Å². The lowest BCUT2D eigenvalue weighted by Crippen LogP contribution is -2.08. The largest absolute Gasteiger partial charge is 0.497 e. The number of methoxy groups -OCH3 is 1. The first kappa shape index (κ1) is 14.9. The van der Waals surface area contributed by atoms with Crippen LogP contribution in [0.25, 0.3) is 0 Å². The Labute approximate surface area is 127 Å². The van der Waals surface area contributed by atoms with E-state index in [1.807, 2.05) is 42.5 Å². The number of nitrogens with two attached hydrogens (primary N) is 1. The minimum absolute atomic E-state index is 0.0803. The average Bonchev–Trinajstić information content (AvgIpc) is 2.49. The summed E-state index contributed by atoms with van der Waals surface area (Å²) in [6.45, 7) is 2.07. The van der Waals surface area contributed by atoms with Gasteiger partial charge in [-0.25, -0.2) is 0 Å². The maximum absolute atomic E-state index is 5.99. The van der Waals surface area contributed by atoms with E-state index in [0.717, 1.165) is 33.7 Å². The fourth-order valence-corrected chi connectivity index (χ4v) is 2.28. The van der Waals surface area contributed by atoms with Crippen molar-refractivity contribution in [1.29, 1.82) is 0 Å². The predicted molar refractivity (Wildman–Crippen MR) is 84.4 cm³/mol. The fourth-order valence-electron chi connectivity index (χ4n) is 1.84. The molecule has 0 aromatic heterocycles. The normalized spacial score (nSPS) is 12.0. The van der Waals surface area contributed by atoms with Crippen molar-refractivity contribution < 1.29 is 9.47 Å². The summed E-state index contributed by atoms with van der Waals surface area (Å²) in [4.78, 5) is 0. The quantitative estimate of drug-likeness (QED) is 0.864. The van der Waals surface area contributed by atoms with Crippen LogP contribution in [0.15, 0.2) is 46.9 Å². The van der Waals surface area contributed by atoms with Gasteiger partial charge in [0.15, 0.2) is 0 Å². The lowest BCUT2D eigenvalue weighted by Gasteiger charge is -2.12. The first-order chi connectivity index (χ1) is 9.63. The van der Waals surface area contributed by atoms with Gasteiger partial charge in [0.1, 0.15) is 17.2 Å². The maximum Gasteiger partial charge on any atom is 0.141 e. The first-order valence-corrected chi connectivity index (χ1v) is 7.30. The number of rotatable bonds is 5. The fraction of sp³-hybridized carbons (Fsp3) is 0.250. The zero-order valence-electron chi connectivity index (χ0n) is 11.6. The molecule has 4 heteroatoms. The lowest BCUT2D eigenvalue weighted by atomic mass is 10.1. The molecule has 1 atom stereocenters. The van der Waals surface area contributed by atoms with E-state index >= 15 is 0 Å². The first-order valence-electron chi connectivity index (χ1n) is 6.51. The van der Waals surface area contributed by atoms with Crippen LogP contribution in [0.1, 0.15) is 24.9 Å². The van der Waals surface area contributed by atoms with Gasteiger partial charge in [-0.2, -0.15) is 0 Å². The third kappa shape index (κ3) is 3.52. The zero-order valence-corrected chi connectivity index (χ0v) is 13.2. The van der Waals surface area contributed by atoms with Crippen LogP contribution >= 0.6 is 15.9 Å². The van der Waals surface area contributed by atoms with Gasteiger partial charge in [0.05, 0.1) is 11.6 Å². The maximum atomic E-state index is 5.99. The summed E-state index contributed by atoms with van der Waals surface area (Å²) in [6.07, 6.45) is 0.921. The highest BCUT2D eigenvalue weighted by molar-refractivity contribution is 9.10. The number of hydrogen-bond donors (Lipinski definition) is 1. The molecule has 2 aromatic rings. The van der Waals surface area contributed by atoms with Crippen LogP contribution in [0.5, 0.6) is 17.2 Å². The molecule has 0 spiro atoms.